The van der Waals surface area contributed by atoms with E-state index in [9.17, 15) is 0 Å². The number of hydrogen-bond acceptors (Lipinski definition) is 1. The Morgan fingerprint density at radius 1 is 1.54 bits per heavy atom. The normalized spacial score (nSPS) is 26.1. The van der Waals surface area contributed by atoms with Crippen LogP contribution in [-0.4, -0.2) is 6.54 Å². The van der Waals surface area contributed by atoms with Crippen molar-refractivity contribution in [3.05, 3.63) is 34.3 Å². The third-order valence-corrected chi connectivity index (χ3v) is 3.12. The van der Waals surface area contributed by atoms with Gasteiger partial charge in [-0.2, -0.15) is 0 Å². The topological polar surface area (TPSA) is 26.0 Å². The van der Waals surface area contributed by atoms with Crippen LogP contribution in [0.1, 0.15) is 23.5 Å². The van der Waals surface area contributed by atoms with Gasteiger partial charge in [0.05, 0.1) is 0 Å². The SMILES string of the molecule is Cc1ccc(Cl)c([C@@H]2C[C@H]2CN)c1. The molecular formula is C11H14ClN. The minimum atomic E-state index is 0.623. The van der Waals surface area contributed by atoms with Crippen LogP contribution in [-0.2, 0) is 0 Å². The molecule has 0 amide bonds. The zero-order valence-corrected chi connectivity index (χ0v) is 8.51. The second-order valence-electron chi connectivity index (χ2n) is 3.86. The van der Waals surface area contributed by atoms with Crippen molar-refractivity contribution < 1.29 is 0 Å². The number of nitrogens with two attached hydrogens (primary N) is 1. The summed E-state index contributed by atoms with van der Waals surface area (Å²) in [5.74, 6) is 1.29. The molecule has 2 N–H and O–H groups in total. The molecule has 0 aromatic heterocycles. The minimum absolute atomic E-state index is 0.623. The van der Waals surface area contributed by atoms with Gasteiger partial charge < -0.3 is 5.73 Å². The van der Waals surface area contributed by atoms with Crippen LogP contribution in [0.5, 0.6) is 0 Å². The summed E-state index contributed by atoms with van der Waals surface area (Å²) in [6.07, 6.45) is 1.21. The van der Waals surface area contributed by atoms with Crippen LogP contribution in [0.15, 0.2) is 18.2 Å². The Morgan fingerprint density at radius 2 is 2.31 bits per heavy atom. The number of rotatable bonds is 2. The van der Waals surface area contributed by atoms with E-state index in [2.05, 4.69) is 13.0 Å². The van der Waals surface area contributed by atoms with Gasteiger partial charge in [0.15, 0.2) is 0 Å². The highest BCUT2D eigenvalue weighted by atomic mass is 35.5. The molecule has 0 aliphatic heterocycles. The molecule has 1 aliphatic rings. The quantitative estimate of drug-likeness (QED) is 0.772. The van der Waals surface area contributed by atoms with Gasteiger partial charge in [0, 0.05) is 5.02 Å². The van der Waals surface area contributed by atoms with E-state index in [0.29, 0.717) is 11.8 Å². The lowest BCUT2D eigenvalue weighted by molar-refractivity contribution is 0.809. The van der Waals surface area contributed by atoms with E-state index in [0.717, 1.165) is 11.6 Å². The molecule has 2 rings (SSSR count). The molecule has 0 heterocycles. The molecule has 1 aliphatic carbocycles. The molecule has 70 valence electrons. The summed E-state index contributed by atoms with van der Waals surface area (Å²) >= 11 is 6.11. The first kappa shape index (κ1) is 9.04. The molecular weight excluding hydrogens is 182 g/mol. The summed E-state index contributed by atoms with van der Waals surface area (Å²) in [5.41, 5.74) is 8.18. The Hall–Kier alpha value is -0.530. The third kappa shape index (κ3) is 1.72. The molecule has 0 bridgehead atoms. The first-order valence-electron chi connectivity index (χ1n) is 4.68. The number of benzene rings is 1. The molecule has 0 spiro atoms. The highest BCUT2D eigenvalue weighted by Crippen LogP contribution is 2.48. The van der Waals surface area contributed by atoms with Gasteiger partial charge in [0.1, 0.15) is 0 Å². The monoisotopic (exact) mass is 195 g/mol. The molecule has 1 nitrogen and oxygen atoms in total. The van der Waals surface area contributed by atoms with E-state index in [4.69, 9.17) is 17.3 Å². The van der Waals surface area contributed by atoms with Crippen molar-refractivity contribution in [3.63, 3.8) is 0 Å². The lowest BCUT2D eigenvalue weighted by Gasteiger charge is -2.04. The predicted octanol–water partition coefficient (Wildman–Crippen LogP) is 2.71. The van der Waals surface area contributed by atoms with Crippen molar-refractivity contribution in [2.45, 2.75) is 19.3 Å². The summed E-state index contributed by atoms with van der Waals surface area (Å²) in [7, 11) is 0. The van der Waals surface area contributed by atoms with E-state index in [1.165, 1.54) is 17.5 Å². The van der Waals surface area contributed by atoms with E-state index in [-0.39, 0.29) is 0 Å². The third-order valence-electron chi connectivity index (χ3n) is 2.78. The summed E-state index contributed by atoms with van der Waals surface area (Å²) in [5, 5.41) is 0.895. The summed E-state index contributed by atoms with van der Waals surface area (Å²) in [4.78, 5) is 0. The van der Waals surface area contributed by atoms with E-state index in [1.807, 2.05) is 12.1 Å². The zero-order chi connectivity index (χ0) is 9.42. The van der Waals surface area contributed by atoms with Crippen molar-refractivity contribution in [1.82, 2.24) is 0 Å². The average molecular weight is 196 g/mol. The average Bonchev–Trinajstić information content (AvgIpc) is 2.88. The maximum absolute atomic E-state index is 6.11. The van der Waals surface area contributed by atoms with E-state index >= 15 is 0 Å². The van der Waals surface area contributed by atoms with Crippen molar-refractivity contribution >= 4 is 11.6 Å². The van der Waals surface area contributed by atoms with Crippen LogP contribution < -0.4 is 5.73 Å². The Labute approximate surface area is 83.9 Å². The zero-order valence-electron chi connectivity index (χ0n) is 7.76. The fraction of sp³-hybridized carbons (Fsp3) is 0.455. The van der Waals surface area contributed by atoms with Gasteiger partial charge in [-0.15, -0.1) is 0 Å². The van der Waals surface area contributed by atoms with Gasteiger partial charge in [0.2, 0.25) is 0 Å². The maximum Gasteiger partial charge on any atom is 0.0441 e. The van der Waals surface area contributed by atoms with Crippen LogP contribution in [0.3, 0.4) is 0 Å². The Morgan fingerprint density at radius 3 is 2.92 bits per heavy atom. The van der Waals surface area contributed by atoms with Crippen LogP contribution in [0.25, 0.3) is 0 Å². The van der Waals surface area contributed by atoms with Gasteiger partial charge in [-0.05, 0) is 43.4 Å². The Kier molecular flexibility index (Phi) is 2.31. The lowest BCUT2D eigenvalue weighted by atomic mass is 10.1. The smallest absolute Gasteiger partial charge is 0.0441 e. The van der Waals surface area contributed by atoms with Crippen molar-refractivity contribution in [1.29, 1.82) is 0 Å². The second kappa shape index (κ2) is 3.32. The van der Waals surface area contributed by atoms with E-state index in [1.54, 1.807) is 0 Å². The van der Waals surface area contributed by atoms with Gasteiger partial charge in [-0.1, -0.05) is 29.3 Å². The fourth-order valence-corrected chi connectivity index (χ4v) is 2.09. The largest absolute Gasteiger partial charge is 0.330 e. The molecule has 0 unspecified atom stereocenters. The Bertz CT molecular complexity index is 322. The second-order valence-corrected chi connectivity index (χ2v) is 4.27. The van der Waals surface area contributed by atoms with Crippen molar-refractivity contribution in [2.75, 3.05) is 6.54 Å². The van der Waals surface area contributed by atoms with Gasteiger partial charge in [-0.25, -0.2) is 0 Å². The summed E-state index contributed by atoms with van der Waals surface area (Å²) in [6, 6.07) is 6.21. The molecule has 2 heteroatoms. The molecule has 0 radical (unpaired) electrons. The summed E-state index contributed by atoms with van der Waals surface area (Å²) in [6.45, 7) is 2.88. The van der Waals surface area contributed by atoms with Crippen LogP contribution in [0.4, 0.5) is 0 Å². The van der Waals surface area contributed by atoms with Crippen LogP contribution in [0.2, 0.25) is 5.02 Å². The van der Waals surface area contributed by atoms with Crippen LogP contribution in [0, 0.1) is 12.8 Å². The molecule has 1 saturated carbocycles. The van der Waals surface area contributed by atoms with Gasteiger partial charge in [-0.3, -0.25) is 0 Å². The number of halogens is 1. The first-order chi connectivity index (χ1) is 6.22. The molecule has 1 aromatic carbocycles. The minimum Gasteiger partial charge on any atom is -0.330 e. The lowest BCUT2D eigenvalue weighted by Crippen LogP contribution is -2.02. The highest BCUT2D eigenvalue weighted by molar-refractivity contribution is 6.31. The Balaban J connectivity index is 2.25. The summed E-state index contributed by atoms with van der Waals surface area (Å²) < 4.78 is 0. The first-order valence-corrected chi connectivity index (χ1v) is 5.06. The van der Waals surface area contributed by atoms with E-state index < -0.39 is 0 Å². The molecule has 1 aromatic rings. The highest BCUT2D eigenvalue weighted by Gasteiger charge is 2.38. The maximum atomic E-state index is 6.11. The molecule has 13 heavy (non-hydrogen) atoms. The molecule has 2 atom stereocenters. The van der Waals surface area contributed by atoms with Crippen LogP contribution >= 0.6 is 11.6 Å². The van der Waals surface area contributed by atoms with Gasteiger partial charge in [0.25, 0.3) is 0 Å². The molecule has 0 saturated heterocycles. The fourth-order valence-electron chi connectivity index (χ4n) is 1.84. The van der Waals surface area contributed by atoms with Crippen molar-refractivity contribution in [2.24, 2.45) is 11.7 Å². The van der Waals surface area contributed by atoms with Crippen molar-refractivity contribution in [3.8, 4) is 0 Å². The van der Waals surface area contributed by atoms with Gasteiger partial charge >= 0.3 is 0 Å². The molecule has 1 fully saturated rings. The standard InChI is InChI=1S/C11H14ClN/c1-7-2-3-11(12)10(4-7)9-5-8(9)6-13/h2-4,8-9H,5-6,13H2,1H3/t8-,9+/m0/s1. The number of aryl methyl sites for hydroxylation is 1. The number of hydrogen-bond donors (Lipinski definition) is 1. The predicted molar refractivity (Wildman–Crippen MR) is 56.1 cm³/mol.